The Morgan fingerprint density at radius 1 is 1.53 bits per heavy atom. The SMILES string of the molecule is CC(C)N(CCC#N)C(=O)c1cccc(Br)c1. The van der Waals surface area contributed by atoms with Crippen molar-refractivity contribution >= 4 is 21.8 Å². The van der Waals surface area contributed by atoms with E-state index in [1.165, 1.54) is 0 Å². The minimum atomic E-state index is -0.0310. The Kier molecular flexibility index (Phi) is 5.17. The molecule has 0 aliphatic carbocycles. The van der Waals surface area contributed by atoms with Crippen LogP contribution in [0.1, 0.15) is 30.6 Å². The molecule has 90 valence electrons. The van der Waals surface area contributed by atoms with Gasteiger partial charge in [0, 0.05) is 22.6 Å². The van der Waals surface area contributed by atoms with E-state index in [1.807, 2.05) is 26.0 Å². The van der Waals surface area contributed by atoms with Gasteiger partial charge in [0.25, 0.3) is 5.91 Å². The smallest absolute Gasteiger partial charge is 0.254 e. The van der Waals surface area contributed by atoms with E-state index < -0.39 is 0 Å². The van der Waals surface area contributed by atoms with Crippen LogP contribution in [0, 0.1) is 11.3 Å². The first-order valence-electron chi connectivity index (χ1n) is 5.49. The summed E-state index contributed by atoms with van der Waals surface area (Å²) in [4.78, 5) is 14.0. The van der Waals surface area contributed by atoms with Gasteiger partial charge in [-0.3, -0.25) is 4.79 Å². The number of hydrogen-bond donors (Lipinski definition) is 0. The van der Waals surface area contributed by atoms with E-state index >= 15 is 0 Å². The molecule has 0 aromatic heterocycles. The maximum Gasteiger partial charge on any atom is 0.254 e. The van der Waals surface area contributed by atoms with Gasteiger partial charge in [-0.15, -0.1) is 0 Å². The van der Waals surface area contributed by atoms with Crippen LogP contribution in [0.4, 0.5) is 0 Å². The van der Waals surface area contributed by atoms with Crippen LogP contribution in [-0.4, -0.2) is 23.4 Å². The zero-order valence-electron chi connectivity index (χ0n) is 9.98. The normalized spacial score (nSPS) is 10.1. The minimum Gasteiger partial charge on any atom is -0.335 e. The third-order valence-corrected chi connectivity index (χ3v) is 2.91. The van der Waals surface area contributed by atoms with Crippen LogP contribution in [0.5, 0.6) is 0 Å². The average Bonchev–Trinajstić information content (AvgIpc) is 2.29. The van der Waals surface area contributed by atoms with Gasteiger partial charge in [0.2, 0.25) is 0 Å². The van der Waals surface area contributed by atoms with E-state index in [0.29, 0.717) is 18.5 Å². The van der Waals surface area contributed by atoms with Gasteiger partial charge < -0.3 is 4.90 Å². The average molecular weight is 295 g/mol. The van der Waals surface area contributed by atoms with Crippen LogP contribution in [0.3, 0.4) is 0 Å². The van der Waals surface area contributed by atoms with E-state index in [2.05, 4.69) is 22.0 Å². The molecular formula is C13H15BrN2O. The van der Waals surface area contributed by atoms with Crippen molar-refractivity contribution in [3.8, 4) is 6.07 Å². The minimum absolute atomic E-state index is 0.0310. The molecule has 3 nitrogen and oxygen atoms in total. The van der Waals surface area contributed by atoms with Crippen molar-refractivity contribution in [2.75, 3.05) is 6.54 Å². The second-order valence-electron chi connectivity index (χ2n) is 4.01. The Morgan fingerprint density at radius 2 is 2.24 bits per heavy atom. The molecule has 0 heterocycles. The second kappa shape index (κ2) is 6.41. The third-order valence-electron chi connectivity index (χ3n) is 2.42. The highest BCUT2D eigenvalue weighted by atomic mass is 79.9. The van der Waals surface area contributed by atoms with Crippen LogP contribution in [0.25, 0.3) is 0 Å². The van der Waals surface area contributed by atoms with Gasteiger partial charge >= 0.3 is 0 Å². The molecule has 1 aromatic carbocycles. The summed E-state index contributed by atoms with van der Waals surface area (Å²) in [5, 5.41) is 8.60. The molecule has 0 radical (unpaired) electrons. The van der Waals surface area contributed by atoms with Crippen LogP contribution >= 0.6 is 15.9 Å². The molecule has 1 amide bonds. The molecule has 1 aromatic rings. The number of nitrogens with zero attached hydrogens (tertiary/aromatic N) is 2. The van der Waals surface area contributed by atoms with Crippen LogP contribution < -0.4 is 0 Å². The number of amides is 1. The van der Waals surface area contributed by atoms with Crippen molar-refractivity contribution in [2.45, 2.75) is 26.3 Å². The highest BCUT2D eigenvalue weighted by Crippen LogP contribution is 2.15. The van der Waals surface area contributed by atoms with E-state index in [4.69, 9.17) is 5.26 Å². The Labute approximate surface area is 110 Å². The summed E-state index contributed by atoms with van der Waals surface area (Å²) in [6.45, 7) is 4.38. The molecule has 0 aliphatic heterocycles. The molecule has 0 unspecified atom stereocenters. The summed E-state index contributed by atoms with van der Waals surface area (Å²) < 4.78 is 0.882. The molecule has 0 fully saturated rings. The number of nitriles is 1. The van der Waals surface area contributed by atoms with E-state index in [1.54, 1.807) is 17.0 Å². The van der Waals surface area contributed by atoms with Crippen molar-refractivity contribution in [3.63, 3.8) is 0 Å². The predicted octanol–water partition coefficient (Wildman–Crippen LogP) is 3.21. The Balaban J connectivity index is 2.88. The monoisotopic (exact) mass is 294 g/mol. The molecule has 1 rings (SSSR count). The quantitative estimate of drug-likeness (QED) is 0.856. The maximum absolute atomic E-state index is 12.2. The summed E-state index contributed by atoms with van der Waals surface area (Å²) in [6.07, 6.45) is 0.359. The van der Waals surface area contributed by atoms with Crippen LogP contribution in [0.2, 0.25) is 0 Å². The zero-order chi connectivity index (χ0) is 12.8. The zero-order valence-corrected chi connectivity index (χ0v) is 11.6. The van der Waals surface area contributed by atoms with Gasteiger partial charge in [-0.25, -0.2) is 0 Å². The van der Waals surface area contributed by atoms with Crippen molar-refractivity contribution < 1.29 is 4.79 Å². The fourth-order valence-corrected chi connectivity index (χ4v) is 1.95. The second-order valence-corrected chi connectivity index (χ2v) is 4.93. The standard InChI is InChI=1S/C13H15BrN2O/c1-10(2)16(8-4-7-15)13(17)11-5-3-6-12(14)9-11/h3,5-6,9-10H,4,8H2,1-2H3. The van der Waals surface area contributed by atoms with Crippen LogP contribution in [0.15, 0.2) is 28.7 Å². The van der Waals surface area contributed by atoms with E-state index in [0.717, 1.165) is 4.47 Å². The lowest BCUT2D eigenvalue weighted by Crippen LogP contribution is -2.37. The Bertz CT molecular complexity index is 437. The highest BCUT2D eigenvalue weighted by Gasteiger charge is 2.18. The van der Waals surface area contributed by atoms with Crippen molar-refractivity contribution in [1.82, 2.24) is 4.90 Å². The Morgan fingerprint density at radius 3 is 2.76 bits per heavy atom. The summed E-state index contributed by atoms with van der Waals surface area (Å²) in [7, 11) is 0. The summed E-state index contributed by atoms with van der Waals surface area (Å²) in [5.41, 5.74) is 0.644. The first-order chi connectivity index (χ1) is 8.06. The molecule has 0 saturated heterocycles. The lowest BCUT2D eigenvalue weighted by molar-refractivity contribution is 0.0710. The predicted molar refractivity (Wildman–Crippen MR) is 70.5 cm³/mol. The van der Waals surface area contributed by atoms with E-state index in [9.17, 15) is 4.79 Å². The van der Waals surface area contributed by atoms with Gasteiger partial charge in [0.1, 0.15) is 0 Å². The largest absolute Gasteiger partial charge is 0.335 e. The fraction of sp³-hybridized carbons (Fsp3) is 0.385. The third kappa shape index (κ3) is 3.86. The van der Waals surface area contributed by atoms with Gasteiger partial charge in [-0.1, -0.05) is 22.0 Å². The summed E-state index contributed by atoms with van der Waals surface area (Å²) in [6, 6.07) is 9.46. The molecule has 0 bridgehead atoms. The summed E-state index contributed by atoms with van der Waals surface area (Å²) >= 11 is 3.35. The van der Waals surface area contributed by atoms with Crippen molar-refractivity contribution in [3.05, 3.63) is 34.3 Å². The number of carbonyl (C=O) groups is 1. The van der Waals surface area contributed by atoms with Crippen molar-refractivity contribution in [1.29, 1.82) is 5.26 Å². The molecule has 0 spiro atoms. The first-order valence-corrected chi connectivity index (χ1v) is 6.29. The van der Waals surface area contributed by atoms with Crippen LogP contribution in [-0.2, 0) is 0 Å². The van der Waals surface area contributed by atoms with Gasteiger partial charge in [-0.05, 0) is 32.0 Å². The van der Waals surface area contributed by atoms with Gasteiger partial charge in [-0.2, -0.15) is 5.26 Å². The fourth-order valence-electron chi connectivity index (χ4n) is 1.55. The van der Waals surface area contributed by atoms with Gasteiger partial charge in [0.15, 0.2) is 0 Å². The van der Waals surface area contributed by atoms with E-state index in [-0.39, 0.29) is 11.9 Å². The van der Waals surface area contributed by atoms with Gasteiger partial charge in [0.05, 0.1) is 12.5 Å². The lowest BCUT2D eigenvalue weighted by Gasteiger charge is -2.25. The molecule has 4 heteroatoms. The number of hydrogen-bond acceptors (Lipinski definition) is 2. The maximum atomic E-state index is 12.2. The number of rotatable bonds is 4. The molecule has 0 N–H and O–H groups in total. The Hall–Kier alpha value is -1.34. The number of halogens is 1. The topological polar surface area (TPSA) is 44.1 Å². The number of benzene rings is 1. The lowest BCUT2D eigenvalue weighted by atomic mass is 10.1. The summed E-state index contributed by atoms with van der Waals surface area (Å²) in [5.74, 6) is -0.0310. The molecule has 0 saturated carbocycles. The van der Waals surface area contributed by atoms with Crippen molar-refractivity contribution in [2.24, 2.45) is 0 Å². The first kappa shape index (κ1) is 13.7. The highest BCUT2D eigenvalue weighted by molar-refractivity contribution is 9.10. The molecule has 0 atom stereocenters. The number of carbonyl (C=O) groups excluding carboxylic acids is 1. The molecular weight excluding hydrogens is 280 g/mol. The molecule has 17 heavy (non-hydrogen) atoms. The molecule has 0 aliphatic rings.